The fraction of sp³-hybridized carbons (Fsp3) is 0.517. The first-order chi connectivity index (χ1) is 17.3. The number of rotatable bonds is 7. The number of ether oxygens (including phenoxy) is 2. The van der Waals surface area contributed by atoms with Gasteiger partial charge >= 0.3 is 0 Å². The highest BCUT2D eigenvalue weighted by atomic mass is 16.5. The second kappa shape index (κ2) is 11.2. The molecule has 2 heterocycles. The molecule has 36 heavy (non-hydrogen) atoms. The summed E-state index contributed by atoms with van der Waals surface area (Å²) in [5.41, 5.74) is 3.40. The van der Waals surface area contributed by atoms with Crippen LogP contribution in [0.5, 0.6) is 11.5 Å². The summed E-state index contributed by atoms with van der Waals surface area (Å²) >= 11 is 0. The van der Waals surface area contributed by atoms with Crippen molar-refractivity contribution in [2.24, 2.45) is 11.8 Å². The van der Waals surface area contributed by atoms with Crippen LogP contribution < -0.4 is 14.4 Å². The molecule has 4 rings (SSSR count). The molecule has 7 nitrogen and oxygen atoms in total. The van der Waals surface area contributed by atoms with Crippen molar-refractivity contribution >= 4 is 17.5 Å². The average Bonchev–Trinajstić information content (AvgIpc) is 3.33. The van der Waals surface area contributed by atoms with Crippen LogP contribution in [-0.4, -0.2) is 75.1 Å². The standard InChI is InChI=1S/C29H39N3O4/c1-20(2)16-28(33)32-18-24(23-17-22(35-4)10-11-27(23)36-5)25(19-32)29(34)31-14-12-30(13-15-31)26-9-7-6-8-21(26)3/h6-11,17,20,24-25H,12-16,18-19H2,1-5H3. The number of piperazine rings is 1. The van der Waals surface area contributed by atoms with E-state index in [9.17, 15) is 9.59 Å². The van der Waals surface area contributed by atoms with Gasteiger partial charge < -0.3 is 24.2 Å². The SMILES string of the molecule is COc1ccc(OC)c(C2CN(C(=O)CC(C)C)CC2C(=O)N2CCN(c3ccccc3C)CC2)c1. The van der Waals surface area contributed by atoms with Crippen LogP contribution in [0.1, 0.15) is 37.3 Å². The van der Waals surface area contributed by atoms with E-state index in [0.717, 1.165) is 30.2 Å². The molecule has 0 aromatic heterocycles. The van der Waals surface area contributed by atoms with Gasteiger partial charge in [0.15, 0.2) is 0 Å². The molecule has 2 aromatic rings. The van der Waals surface area contributed by atoms with Crippen molar-refractivity contribution in [3.8, 4) is 11.5 Å². The van der Waals surface area contributed by atoms with Crippen molar-refractivity contribution in [2.75, 3.05) is 58.4 Å². The molecule has 2 aromatic carbocycles. The minimum atomic E-state index is -0.313. The summed E-state index contributed by atoms with van der Waals surface area (Å²) in [7, 11) is 3.28. The van der Waals surface area contributed by atoms with Gasteiger partial charge in [-0.1, -0.05) is 32.0 Å². The Morgan fingerprint density at radius 2 is 1.67 bits per heavy atom. The predicted octanol–water partition coefficient (Wildman–Crippen LogP) is 3.95. The fourth-order valence-corrected chi connectivity index (χ4v) is 5.50. The van der Waals surface area contributed by atoms with Crippen molar-refractivity contribution < 1.29 is 19.1 Å². The molecule has 0 spiro atoms. The van der Waals surface area contributed by atoms with Crippen LogP contribution in [-0.2, 0) is 9.59 Å². The highest BCUT2D eigenvalue weighted by molar-refractivity contribution is 5.84. The number of hydrogen-bond donors (Lipinski definition) is 0. The molecule has 7 heteroatoms. The third-order valence-corrected chi connectivity index (χ3v) is 7.46. The zero-order valence-electron chi connectivity index (χ0n) is 22.2. The third-order valence-electron chi connectivity index (χ3n) is 7.46. The van der Waals surface area contributed by atoms with E-state index in [1.165, 1.54) is 11.3 Å². The van der Waals surface area contributed by atoms with Crippen LogP contribution in [0.25, 0.3) is 0 Å². The topological polar surface area (TPSA) is 62.3 Å². The van der Waals surface area contributed by atoms with Gasteiger partial charge in [0, 0.05) is 62.9 Å². The second-order valence-electron chi connectivity index (χ2n) is 10.3. The summed E-state index contributed by atoms with van der Waals surface area (Å²) in [4.78, 5) is 33.2. The van der Waals surface area contributed by atoms with Crippen molar-refractivity contribution in [1.29, 1.82) is 0 Å². The number of carbonyl (C=O) groups excluding carboxylic acids is 2. The number of methoxy groups -OCH3 is 2. The normalized spacial score (nSPS) is 20.1. The first kappa shape index (κ1) is 25.9. The summed E-state index contributed by atoms with van der Waals surface area (Å²) < 4.78 is 11.2. The van der Waals surface area contributed by atoms with Crippen LogP contribution in [0.3, 0.4) is 0 Å². The predicted molar refractivity (Wildman–Crippen MR) is 142 cm³/mol. The average molecular weight is 494 g/mol. The molecule has 2 amide bonds. The van der Waals surface area contributed by atoms with Gasteiger partial charge in [-0.25, -0.2) is 0 Å². The zero-order valence-corrected chi connectivity index (χ0v) is 22.2. The summed E-state index contributed by atoms with van der Waals surface area (Å²) in [6.45, 7) is 10.1. The van der Waals surface area contributed by atoms with E-state index in [-0.39, 0.29) is 29.6 Å². The molecule has 2 fully saturated rings. The molecule has 2 aliphatic heterocycles. The molecule has 0 radical (unpaired) electrons. The Morgan fingerprint density at radius 3 is 2.31 bits per heavy atom. The first-order valence-electron chi connectivity index (χ1n) is 12.9. The third kappa shape index (κ3) is 5.45. The maximum absolute atomic E-state index is 13.9. The van der Waals surface area contributed by atoms with Crippen molar-refractivity contribution in [2.45, 2.75) is 33.1 Å². The van der Waals surface area contributed by atoms with Crippen molar-refractivity contribution in [3.05, 3.63) is 53.6 Å². The van der Waals surface area contributed by atoms with E-state index in [1.807, 2.05) is 41.8 Å². The molecular weight excluding hydrogens is 454 g/mol. The maximum atomic E-state index is 13.9. The smallest absolute Gasteiger partial charge is 0.228 e. The Bertz CT molecular complexity index is 1080. The number of amides is 2. The zero-order chi connectivity index (χ0) is 25.8. The van der Waals surface area contributed by atoms with Gasteiger partial charge in [0.25, 0.3) is 0 Å². The van der Waals surface area contributed by atoms with Crippen LogP contribution in [0.15, 0.2) is 42.5 Å². The Kier molecular flexibility index (Phi) is 8.07. The number of anilines is 1. The van der Waals surface area contributed by atoms with E-state index >= 15 is 0 Å². The minimum absolute atomic E-state index is 0.108. The molecule has 2 saturated heterocycles. The van der Waals surface area contributed by atoms with Crippen LogP contribution in [0, 0.1) is 18.8 Å². The van der Waals surface area contributed by atoms with E-state index in [1.54, 1.807) is 14.2 Å². The van der Waals surface area contributed by atoms with Crippen LogP contribution in [0.4, 0.5) is 5.69 Å². The lowest BCUT2D eigenvalue weighted by Gasteiger charge is -2.38. The van der Waals surface area contributed by atoms with E-state index in [4.69, 9.17) is 9.47 Å². The molecular formula is C29H39N3O4. The molecule has 0 bridgehead atoms. The molecule has 194 valence electrons. The molecule has 2 atom stereocenters. The van der Waals surface area contributed by atoms with Gasteiger partial charge in [-0.2, -0.15) is 0 Å². The van der Waals surface area contributed by atoms with Gasteiger partial charge in [0.05, 0.1) is 20.1 Å². The summed E-state index contributed by atoms with van der Waals surface area (Å²) in [5.74, 6) is 1.48. The number of para-hydroxylation sites is 1. The molecule has 0 N–H and O–H groups in total. The van der Waals surface area contributed by atoms with Crippen molar-refractivity contribution in [3.63, 3.8) is 0 Å². The van der Waals surface area contributed by atoms with E-state index < -0.39 is 0 Å². The number of likely N-dealkylation sites (tertiary alicyclic amines) is 1. The van der Waals surface area contributed by atoms with Gasteiger partial charge in [-0.15, -0.1) is 0 Å². The fourth-order valence-electron chi connectivity index (χ4n) is 5.50. The number of hydrogen-bond acceptors (Lipinski definition) is 5. The molecule has 0 aliphatic carbocycles. The Morgan fingerprint density at radius 1 is 0.944 bits per heavy atom. The van der Waals surface area contributed by atoms with Crippen LogP contribution >= 0.6 is 0 Å². The minimum Gasteiger partial charge on any atom is -0.497 e. The molecule has 2 unspecified atom stereocenters. The Hall–Kier alpha value is -3.22. The number of nitrogens with zero attached hydrogens (tertiary/aromatic N) is 3. The van der Waals surface area contributed by atoms with E-state index in [2.05, 4.69) is 36.1 Å². The lowest BCUT2D eigenvalue weighted by molar-refractivity contribution is -0.136. The Balaban J connectivity index is 1.56. The first-order valence-corrected chi connectivity index (χ1v) is 12.9. The van der Waals surface area contributed by atoms with Crippen LogP contribution in [0.2, 0.25) is 0 Å². The number of benzene rings is 2. The largest absolute Gasteiger partial charge is 0.497 e. The Labute approximate surface area is 215 Å². The number of aryl methyl sites for hydroxylation is 1. The summed E-state index contributed by atoms with van der Waals surface area (Å²) in [6.07, 6.45) is 0.484. The van der Waals surface area contributed by atoms with Crippen molar-refractivity contribution in [1.82, 2.24) is 9.80 Å². The van der Waals surface area contributed by atoms with Gasteiger partial charge in [-0.05, 0) is 42.7 Å². The summed E-state index contributed by atoms with van der Waals surface area (Å²) in [6, 6.07) is 14.1. The number of carbonyl (C=O) groups is 2. The molecule has 0 saturated carbocycles. The molecule has 2 aliphatic rings. The van der Waals surface area contributed by atoms with Gasteiger partial charge in [-0.3, -0.25) is 9.59 Å². The monoisotopic (exact) mass is 493 g/mol. The summed E-state index contributed by atoms with van der Waals surface area (Å²) in [5, 5.41) is 0. The lowest BCUT2D eigenvalue weighted by Crippen LogP contribution is -2.51. The van der Waals surface area contributed by atoms with Gasteiger partial charge in [0.1, 0.15) is 11.5 Å². The van der Waals surface area contributed by atoms with Gasteiger partial charge in [0.2, 0.25) is 11.8 Å². The quantitative estimate of drug-likeness (QED) is 0.585. The second-order valence-corrected chi connectivity index (χ2v) is 10.3. The lowest BCUT2D eigenvalue weighted by atomic mass is 9.87. The highest BCUT2D eigenvalue weighted by Crippen LogP contribution is 2.40. The maximum Gasteiger partial charge on any atom is 0.228 e. The highest BCUT2D eigenvalue weighted by Gasteiger charge is 2.43. The van der Waals surface area contributed by atoms with E-state index in [0.29, 0.717) is 32.6 Å².